The summed E-state index contributed by atoms with van der Waals surface area (Å²) >= 11 is 0. The van der Waals surface area contributed by atoms with Crippen molar-refractivity contribution in [3.63, 3.8) is 0 Å². The van der Waals surface area contributed by atoms with Crippen LogP contribution in [0.15, 0.2) is 48.5 Å². The highest BCUT2D eigenvalue weighted by Gasteiger charge is 2.56. The largest absolute Gasteiger partial charge is 0.468 e. The molecule has 0 saturated carbocycles. The molecule has 10 heteroatoms. The molecule has 0 aliphatic carbocycles. The van der Waals surface area contributed by atoms with Gasteiger partial charge in [0.2, 0.25) is 11.8 Å². The Morgan fingerprint density at radius 2 is 1.88 bits per heavy atom. The molecular formula is C30H29F4N3O3. The smallest absolute Gasteiger partial charge is 0.389 e. The lowest BCUT2D eigenvalue weighted by molar-refractivity contribution is -0.134. The maximum absolute atomic E-state index is 13.9. The Morgan fingerprint density at radius 1 is 1.12 bits per heavy atom. The van der Waals surface area contributed by atoms with E-state index < -0.39 is 42.3 Å². The first-order valence-corrected chi connectivity index (χ1v) is 12.9. The van der Waals surface area contributed by atoms with E-state index in [0.29, 0.717) is 34.4 Å². The van der Waals surface area contributed by atoms with E-state index in [9.17, 15) is 27.2 Å². The number of ether oxygens (including phenoxy) is 1. The summed E-state index contributed by atoms with van der Waals surface area (Å²) in [7, 11) is 0. The first-order valence-electron chi connectivity index (χ1n) is 12.9. The zero-order valence-corrected chi connectivity index (χ0v) is 22.5. The molecule has 6 nitrogen and oxygen atoms in total. The van der Waals surface area contributed by atoms with Crippen LogP contribution in [0.2, 0.25) is 0 Å². The highest BCUT2D eigenvalue weighted by Crippen LogP contribution is 2.55. The van der Waals surface area contributed by atoms with Crippen molar-refractivity contribution in [2.75, 3.05) is 11.9 Å². The predicted molar refractivity (Wildman–Crippen MR) is 142 cm³/mol. The molecule has 3 aromatic rings. The fourth-order valence-corrected chi connectivity index (χ4v) is 5.07. The van der Waals surface area contributed by atoms with Crippen molar-refractivity contribution in [2.45, 2.75) is 58.2 Å². The van der Waals surface area contributed by atoms with Gasteiger partial charge in [0.15, 0.2) is 0 Å². The average Bonchev–Trinajstić information content (AvgIpc) is 3.17. The number of fused-ring (bicyclic) bond motifs is 5. The second-order valence-electron chi connectivity index (χ2n) is 11.7. The number of hydrogen-bond donors (Lipinski definition) is 2. The van der Waals surface area contributed by atoms with E-state index in [1.54, 1.807) is 37.3 Å². The van der Waals surface area contributed by atoms with Gasteiger partial charge < -0.3 is 15.4 Å². The van der Waals surface area contributed by atoms with Gasteiger partial charge in [0.1, 0.15) is 17.3 Å². The van der Waals surface area contributed by atoms with Gasteiger partial charge in [0.05, 0.1) is 11.4 Å². The van der Waals surface area contributed by atoms with Crippen LogP contribution in [0.3, 0.4) is 0 Å². The Morgan fingerprint density at radius 3 is 2.58 bits per heavy atom. The molecule has 2 amide bonds. The summed E-state index contributed by atoms with van der Waals surface area (Å²) in [5, 5.41) is 5.61. The summed E-state index contributed by atoms with van der Waals surface area (Å²) < 4.78 is 59.7. The Labute approximate surface area is 229 Å². The minimum atomic E-state index is -4.42. The van der Waals surface area contributed by atoms with E-state index in [0.717, 1.165) is 0 Å². The van der Waals surface area contributed by atoms with Gasteiger partial charge in [-0.2, -0.15) is 13.2 Å². The molecule has 2 aromatic carbocycles. The minimum absolute atomic E-state index is 0.0554. The zero-order chi connectivity index (χ0) is 29.0. The number of anilines is 1. The molecule has 1 aromatic heterocycles. The number of pyridine rings is 1. The molecular weight excluding hydrogens is 526 g/mol. The van der Waals surface area contributed by atoms with E-state index >= 15 is 0 Å². The maximum atomic E-state index is 13.9. The quantitative estimate of drug-likeness (QED) is 0.352. The van der Waals surface area contributed by atoms with E-state index in [1.165, 1.54) is 18.2 Å². The number of aryl methyl sites for hydroxylation is 1. The van der Waals surface area contributed by atoms with Crippen molar-refractivity contribution in [2.24, 2.45) is 5.41 Å². The third-order valence-electron chi connectivity index (χ3n) is 7.26. The average molecular weight is 556 g/mol. The molecule has 5 rings (SSSR count). The van der Waals surface area contributed by atoms with Crippen LogP contribution in [0.25, 0.3) is 11.1 Å². The van der Waals surface area contributed by atoms with E-state index in [-0.39, 0.29) is 28.6 Å². The number of nitrogens with zero attached hydrogens (tertiary/aromatic N) is 1. The first-order chi connectivity index (χ1) is 18.7. The van der Waals surface area contributed by atoms with Crippen LogP contribution in [-0.2, 0) is 16.6 Å². The van der Waals surface area contributed by atoms with Crippen LogP contribution >= 0.6 is 0 Å². The number of alkyl halides is 3. The molecule has 2 aliphatic rings. The first kappa shape index (κ1) is 27.6. The highest BCUT2D eigenvalue weighted by atomic mass is 19.4. The molecule has 0 saturated heterocycles. The number of amides is 2. The lowest BCUT2D eigenvalue weighted by Crippen LogP contribution is -2.45. The van der Waals surface area contributed by atoms with Gasteiger partial charge >= 0.3 is 6.18 Å². The van der Waals surface area contributed by atoms with Gasteiger partial charge in [-0.3, -0.25) is 9.59 Å². The minimum Gasteiger partial charge on any atom is -0.468 e. The van der Waals surface area contributed by atoms with Crippen LogP contribution < -0.4 is 15.4 Å². The van der Waals surface area contributed by atoms with E-state index in [2.05, 4.69) is 15.6 Å². The van der Waals surface area contributed by atoms with Crippen LogP contribution in [0.1, 0.15) is 67.4 Å². The topological polar surface area (TPSA) is 80.3 Å². The predicted octanol–water partition coefficient (Wildman–Crippen LogP) is 6.50. The van der Waals surface area contributed by atoms with Crippen LogP contribution in [-0.4, -0.2) is 29.5 Å². The third-order valence-corrected chi connectivity index (χ3v) is 7.26. The van der Waals surface area contributed by atoms with Gasteiger partial charge in [0.25, 0.3) is 5.91 Å². The summed E-state index contributed by atoms with van der Waals surface area (Å²) in [5.74, 6) is -1.23. The van der Waals surface area contributed by atoms with Crippen LogP contribution in [0, 0.1) is 11.2 Å². The van der Waals surface area contributed by atoms with Crippen molar-refractivity contribution < 1.29 is 31.9 Å². The van der Waals surface area contributed by atoms with Crippen molar-refractivity contribution in [1.29, 1.82) is 0 Å². The Balaban J connectivity index is 1.60. The van der Waals surface area contributed by atoms with Crippen molar-refractivity contribution in [3.05, 3.63) is 76.7 Å². The summed E-state index contributed by atoms with van der Waals surface area (Å²) in [6, 6.07) is 12.2. The molecule has 3 heterocycles. The maximum Gasteiger partial charge on any atom is 0.389 e. The lowest BCUT2D eigenvalue weighted by atomic mass is 9.73. The molecule has 2 aliphatic heterocycles. The molecule has 2 N–H and O–H groups in total. The molecule has 0 fully saturated rings. The molecule has 40 heavy (non-hydrogen) atoms. The number of nitrogens with one attached hydrogen (secondary N) is 2. The Hall–Kier alpha value is -3.95. The second-order valence-corrected chi connectivity index (χ2v) is 11.7. The fraction of sp³-hybridized carbons (Fsp3) is 0.367. The monoisotopic (exact) mass is 555 g/mol. The van der Waals surface area contributed by atoms with Gasteiger partial charge in [0, 0.05) is 35.2 Å². The highest BCUT2D eigenvalue weighted by molar-refractivity contribution is 6.04. The molecule has 2 atom stereocenters. The normalized spacial score (nSPS) is 19.7. The van der Waals surface area contributed by atoms with Gasteiger partial charge in [-0.05, 0) is 54.7 Å². The van der Waals surface area contributed by atoms with Crippen LogP contribution in [0.5, 0.6) is 5.88 Å². The summed E-state index contributed by atoms with van der Waals surface area (Å²) in [5.41, 5.74) is 1.13. The standard InChI is InChI=1S/C30H29F4N3O3/c1-28(2,3)15-35-25(38)17-7-5-6-16(12-17)20-14-21-26(36-22(20)10-11-30(32,33)34)40-24-19-9-8-18(31)13-23(19)37-27(39)29(21,24)4/h5-9,12-14,24H,10-11,15H2,1-4H3,(H,35,38)(H,37,39). The molecule has 0 spiro atoms. The second kappa shape index (κ2) is 9.60. The molecule has 0 radical (unpaired) electrons. The number of aromatic nitrogens is 1. The summed E-state index contributed by atoms with van der Waals surface area (Å²) in [4.78, 5) is 30.7. The number of rotatable bonds is 5. The zero-order valence-electron chi connectivity index (χ0n) is 22.5. The number of benzene rings is 2. The molecule has 0 bridgehead atoms. The van der Waals surface area contributed by atoms with Crippen molar-refractivity contribution >= 4 is 17.5 Å². The van der Waals surface area contributed by atoms with Crippen molar-refractivity contribution in [3.8, 4) is 17.0 Å². The van der Waals surface area contributed by atoms with Crippen LogP contribution in [0.4, 0.5) is 23.2 Å². The third kappa shape index (κ3) is 5.14. The van der Waals surface area contributed by atoms with E-state index in [1.807, 2.05) is 20.8 Å². The fourth-order valence-electron chi connectivity index (χ4n) is 5.07. The number of halogens is 4. The van der Waals surface area contributed by atoms with E-state index in [4.69, 9.17) is 4.74 Å². The van der Waals surface area contributed by atoms with Crippen molar-refractivity contribution in [1.82, 2.24) is 10.3 Å². The van der Waals surface area contributed by atoms with Gasteiger partial charge in [-0.25, -0.2) is 9.37 Å². The van der Waals surface area contributed by atoms with Gasteiger partial charge in [-0.1, -0.05) is 39.0 Å². The molecule has 2 unspecified atom stereocenters. The number of carbonyl (C=O) groups is 2. The number of carbonyl (C=O) groups excluding carboxylic acids is 2. The lowest BCUT2D eigenvalue weighted by Gasteiger charge is -2.35. The summed E-state index contributed by atoms with van der Waals surface area (Å²) in [6.07, 6.45) is -6.80. The number of hydrogen-bond acceptors (Lipinski definition) is 4. The Bertz CT molecular complexity index is 1510. The summed E-state index contributed by atoms with van der Waals surface area (Å²) in [6.45, 7) is 8.06. The van der Waals surface area contributed by atoms with Gasteiger partial charge in [-0.15, -0.1) is 0 Å². The SMILES string of the molecule is CC(C)(C)CNC(=O)c1cccc(-c2cc3c(nc2CCC(F)(F)F)OC2c4ccc(F)cc4NC(=O)C32C)c1. The Kier molecular flexibility index (Phi) is 6.63. The molecule has 210 valence electrons.